The molecule has 0 amide bonds. The van der Waals surface area contributed by atoms with Crippen LogP contribution in [0.3, 0.4) is 0 Å². The number of halogens is 1. The number of phenols is 1. The van der Waals surface area contributed by atoms with E-state index >= 15 is 0 Å². The highest BCUT2D eigenvalue weighted by Crippen LogP contribution is 2.32. The molecule has 0 heterocycles. The number of hydrogen-bond donors (Lipinski definition) is 2. The number of aromatic hydroxyl groups is 1. The van der Waals surface area contributed by atoms with Crippen molar-refractivity contribution in [1.82, 2.24) is 0 Å². The van der Waals surface area contributed by atoms with Gasteiger partial charge in [0.05, 0.1) is 35.5 Å². The van der Waals surface area contributed by atoms with Crippen LogP contribution in [-0.4, -0.2) is 12.2 Å². The first-order valence-electron chi connectivity index (χ1n) is 6.38. The van der Waals surface area contributed by atoms with Crippen molar-refractivity contribution < 1.29 is 9.84 Å². The van der Waals surface area contributed by atoms with Crippen molar-refractivity contribution in [3.8, 4) is 17.6 Å². The van der Waals surface area contributed by atoms with Gasteiger partial charge in [-0.1, -0.05) is 11.6 Å². The molecular formula is C16H15ClN2O2. The molecule has 21 heavy (non-hydrogen) atoms. The number of nitriles is 1. The van der Waals surface area contributed by atoms with E-state index < -0.39 is 0 Å². The third-order valence-corrected chi connectivity index (χ3v) is 3.48. The number of anilines is 1. The Morgan fingerprint density at radius 3 is 2.67 bits per heavy atom. The van der Waals surface area contributed by atoms with E-state index in [0.717, 1.165) is 0 Å². The van der Waals surface area contributed by atoms with Crippen LogP contribution in [0.15, 0.2) is 36.4 Å². The molecule has 0 aliphatic rings. The van der Waals surface area contributed by atoms with Crippen LogP contribution in [0.25, 0.3) is 0 Å². The number of benzene rings is 2. The van der Waals surface area contributed by atoms with Gasteiger partial charge in [-0.3, -0.25) is 0 Å². The molecular weight excluding hydrogens is 288 g/mol. The summed E-state index contributed by atoms with van der Waals surface area (Å²) in [6, 6.07) is 11.9. The molecule has 0 bridgehead atoms. The quantitative estimate of drug-likeness (QED) is 0.892. The Balaban J connectivity index is 2.26. The monoisotopic (exact) mass is 302 g/mol. The van der Waals surface area contributed by atoms with Crippen molar-refractivity contribution >= 4 is 17.3 Å². The second-order valence-electron chi connectivity index (χ2n) is 4.60. The number of rotatable bonds is 4. The van der Waals surface area contributed by atoms with Crippen LogP contribution >= 0.6 is 11.6 Å². The summed E-state index contributed by atoms with van der Waals surface area (Å²) in [5, 5.41) is 22.5. The van der Waals surface area contributed by atoms with Crippen molar-refractivity contribution in [3.05, 3.63) is 52.5 Å². The highest BCUT2D eigenvalue weighted by atomic mass is 35.5. The maximum atomic E-state index is 9.96. The minimum Gasteiger partial charge on any atom is -0.508 e. The number of methoxy groups -OCH3 is 1. The van der Waals surface area contributed by atoms with Gasteiger partial charge < -0.3 is 15.2 Å². The topological polar surface area (TPSA) is 65.3 Å². The predicted molar refractivity (Wildman–Crippen MR) is 82.9 cm³/mol. The largest absolute Gasteiger partial charge is 0.508 e. The van der Waals surface area contributed by atoms with Crippen LogP contribution in [0.1, 0.15) is 24.1 Å². The van der Waals surface area contributed by atoms with Gasteiger partial charge in [0.15, 0.2) is 0 Å². The maximum absolute atomic E-state index is 9.96. The van der Waals surface area contributed by atoms with Gasteiger partial charge >= 0.3 is 0 Å². The zero-order valence-corrected chi connectivity index (χ0v) is 12.5. The lowest BCUT2D eigenvalue weighted by molar-refractivity contribution is 0.410. The van der Waals surface area contributed by atoms with Crippen molar-refractivity contribution in [3.63, 3.8) is 0 Å². The fraction of sp³-hybridized carbons (Fsp3) is 0.188. The molecule has 108 valence electrons. The molecule has 0 spiro atoms. The van der Waals surface area contributed by atoms with Gasteiger partial charge in [-0.2, -0.15) is 5.26 Å². The first-order chi connectivity index (χ1) is 10.0. The second kappa shape index (κ2) is 6.38. The van der Waals surface area contributed by atoms with E-state index in [9.17, 15) is 5.11 Å². The van der Waals surface area contributed by atoms with Gasteiger partial charge in [-0.05, 0) is 43.3 Å². The average Bonchev–Trinajstić information content (AvgIpc) is 2.49. The van der Waals surface area contributed by atoms with Crippen LogP contribution in [0.2, 0.25) is 5.02 Å². The molecule has 5 heteroatoms. The van der Waals surface area contributed by atoms with Crippen molar-refractivity contribution in [2.75, 3.05) is 12.4 Å². The van der Waals surface area contributed by atoms with Crippen molar-refractivity contribution in [1.29, 1.82) is 5.26 Å². The molecule has 0 saturated carbocycles. The summed E-state index contributed by atoms with van der Waals surface area (Å²) < 4.78 is 5.16. The molecule has 0 aliphatic carbocycles. The Hall–Kier alpha value is -2.38. The molecule has 0 aliphatic heterocycles. The van der Waals surface area contributed by atoms with E-state index in [2.05, 4.69) is 5.32 Å². The van der Waals surface area contributed by atoms with E-state index in [1.807, 2.05) is 13.0 Å². The van der Waals surface area contributed by atoms with Crippen molar-refractivity contribution in [2.45, 2.75) is 13.0 Å². The van der Waals surface area contributed by atoms with E-state index in [-0.39, 0.29) is 11.8 Å². The fourth-order valence-corrected chi connectivity index (χ4v) is 2.25. The standard InChI is InChI=1S/C16H15ClN2O2/c1-10(13-8-12(21-2)4-6-16(13)20)19-15-5-3-11(9-18)7-14(15)17/h3-8,10,19-20H,1-2H3. The smallest absolute Gasteiger partial charge is 0.121 e. The molecule has 1 atom stereocenters. The third kappa shape index (κ3) is 3.39. The molecule has 0 aromatic heterocycles. The maximum Gasteiger partial charge on any atom is 0.121 e. The predicted octanol–water partition coefficient (Wildman–Crippen LogP) is 4.10. The summed E-state index contributed by atoms with van der Waals surface area (Å²) >= 11 is 6.14. The number of ether oxygens (including phenoxy) is 1. The highest BCUT2D eigenvalue weighted by molar-refractivity contribution is 6.33. The van der Waals surface area contributed by atoms with Crippen LogP contribution in [0, 0.1) is 11.3 Å². The molecule has 4 nitrogen and oxygen atoms in total. The Morgan fingerprint density at radius 1 is 1.29 bits per heavy atom. The van der Waals surface area contributed by atoms with Crippen LogP contribution in [0.5, 0.6) is 11.5 Å². The first-order valence-corrected chi connectivity index (χ1v) is 6.76. The zero-order valence-electron chi connectivity index (χ0n) is 11.7. The van der Waals surface area contributed by atoms with Gasteiger partial charge in [0.1, 0.15) is 11.5 Å². The zero-order chi connectivity index (χ0) is 15.4. The molecule has 2 rings (SSSR count). The Bertz CT molecular complexity index is 695. The summed E-state index contributed by atoms with van der Waals surface area (Å²) in [5.74, 6) is 0.850. The molecule has 1 unspecified atom stereocenters. The summed E-state index contributed by atoms with van der Waals surface area (Å²) in [6.07, 6.45) is 0. The van der Waals surface area contributed by atoms with E-state index in [4.69, 9.17) is 21.6 Å². The first kappa shape index (κ1) is 15.0. The summed E-state index contributed by atoms with van der Waals surface area (Å²) in [5.41, 5.74) is 1.91. The Labute approximate surface area is 128 Å². The lowest BCUT2D eigenvalue weighted by Crippen LogP contribution is -2.07. The number of phenolic OH excluding ortho intramolecular Hbond substituents is 1. The van der Waals surface area contributed by atoms with E-state index in [1.54, 1.807) is 43.5 Å². The third-order valence-electron chi connectivity index (χ3n) is 3.17. The van der Waals surface area contributed by atoms with E-state index in [0.29, 0.717) is 27.6 Å². The summed E-state index contributed by atoms with van der Waals surface area (Å²) in [6.45, 7) is 1.91. The van der Waals surface area contributed by atoms with Crippen LogP contribution < -0.4 is 10.1 Å². The van der Waals surface area contributed by atoms with E-state index in [1.165, 1.54) is 0 Å². The molecule has 2 N–H and O–H groups in total. The molecule has 2 aromatic carbocycles. The molecule has 0 fully saturated rings. The molecule has 0 radical (unpaired) electrons. The SMILES string of the molecule is COc1ccc(O)c(C(C)Nc2ccc(C#N)cc2Cl)c1. The van der Waals surface area contributed by atoms with Gasteiger partial charge in [0.25, 0.3) is 0 Å². The number of nitrogens with zero attached hydrogens (tertiary/aromatic N) is 1. The lowest BCUT2D eigenvalue weighted by atomic mass is 10.1. The molecule has 2 aromatic rings. The number of nitrogens with one attached hydrogen (secondary N) is 1. The van der Waals surface area contributed by atoms with Gasteiger partial charge in [-0.15, -0.1) is 0 Å². The Kier molecular flexibility index (Phi) is 4.56. The van der Waals surface area contributed by atoms with Gasteiger partial charge in [-0.25, -0.2) is 0 Å². The van der Waals surface area contributed by atoms with Crippen LogP contribution in [-0.2, 0) is 0 Å². The number of hydrogen-bond acceptors (Lipinski definition) is 4. The minimum absolute atomic E-state index is 0.175. The molecule has 0 saturated heterocycles. The average molecular weight is 303 g/mol. The summed E-state index contributed by atoms with van der Waals surface area (Å²) in [7, 11) is 1.58. The summed E-state index contributed by atoms with van der Waals surface area (Å²) in [4.78, 5) is 0. The van der Waals surface area contributed by atoms with Gasteiger partial charge in [0.2, 0.25) is 0 Å². The van der Waals surface area contributed by atoms with Crippen molar-refractivity contribution in [2.24, 2.45) is 0 Å². The second-order valence-corrected chi connectivity index (χ2v) is 5.00. The van der Waals surface area contributed by atoms with Crippen LogP contribution in [0.4, 0.5) is 5.69 Å². The fourth-order valence-electron chi connectivity index (χ4n) is 2.02. The minimum atomic E-state index is -0.175. The normalized spacial score (nSPS) is 11.5. The highest BCUT2D eigenvalue weighted by Gasteiger charge is 2.13. The Morgan fingerprint density at radius 2 is 2.05 bits per heavy atom. The van der Waals surface area contributed by atoms with Gasteiger partial charge in [0, 0.05) is 5.56 Å². The lowest BCUT2D eigenvalue weighted by Gasteiger charge is -2.18.